The summed E-state index contributed by atoms with van der Waals surface area (Å²) in [6.07, 6.45) is 0.618. The van der Waals surface area contributed by atoms with E-state index in [1.807, 2.05) is 25.9 Å². The van der Waals surface area contributed by atoms with Crippen LogP contribution in [-0.4, -0.2) is 49.5 Å². The Morgan fingerprint density at radius 1 is 1.54 bits per heavy atom. The minimum absolute atomic E-state index is 0.132. The van der Waals surface area contributed by atoms with Crippen molar-refractivity contribution in [1.82, 2.24) is 10.2 Å². The van der Waals surface area contributed by atoms with Gasteiger partial charge in [-0.15, -0.1) is 0 Å². The highest BCUT2D eigenvalue weighted by molar-refractivity contribution is 7.99. The lowest BCUT2D eigenvalue weighted by Crippen LogP contribution is -2.29. The average molecular weight is 204 g/mol. The summed E-state index contributed by atoms with van der Waals surface area (Å²) in [5.74, 6) is 1.20. The van der Waals surface area contributed by atoms with E-state index in [2.05, 4.69) is 17.1 Å². The second kappa shape index (κ2) is 7.21. The Hall–Kier alpha value is -0.220. The summed E-state index contributed by atoms with van der Waals surface area (Å²) >= 11 is 1.85. The van der Waals surface area contributed by atoms with Crippen LogP contribution in [0.25, 0.3) is 0 Å². The predicted octanol–water partition coefficient (Wildman–Crippen LogP) is 0.806. The van der Waals surface area contributed by atoms with Gasteiger partial charge >= 0.3 is 0 Å². The van der Waals surface area contributed by atoms with Crippen molar-refractivity contribution in [3.05, 3.63) is 0 Å². The maximum absolute atomic E-state index is 11.1. The van der Waals surface area contributed by atoms with Crippen LogP contribution >= 0.6 is 11.8 Å². The van der Waals surface area contributed by atoms with E-state index in [4.69, 9.17) is 0 Å². The van der Waals surface area contributed by atoms with Gasteiger partial charge in [0.15, 0.2) is 0 Å². The quantitative estimate of drug-likeness (QED) is 0.695. The van der Waals surface area contributed by atoms with E-state index in [0.717, 1.165) is 12.3 Å². The molecule has 13 heavy (non-hydrogen) atoms. The predicted molar refractivity (Wildman–Crippen MR) is 59.2 cm³/mol. The van der Waals surface area contributed by atoms with Gasteiger partial charge in [0, 0.05) is 25.3 Å². The lowest BCUT2D eigenvalue weighted by molar-refractivity contribution is -0.120. The number of nitrogens with zero attached hydrogens (tertiary/aromatic N) is 1. The molecule has 1 atom stereocenters. The van der Waals surface area contributed by atoms with Gasteiger partial charge in [-0.2, -0.15) is 11.8 Å². The number of hydrogen-bond donors (Lipinski definition) is 1. The van der Waals surface area contributed by atoms with Gasteiger partial charge in [0.05, 0.1) is 0 Å². The number of amides is 1. The summed E-state index contributed by atoms with van der Waals surface area (Å²) in [6, 6.07) is 0. The Morgan fingerprint density at radius 2 is 2.15 bits per heavy atom. The molecule has 4 heteroatoms. The highest BCUT2D eigenvalue weighted by Crippen LogP contribution is 2.14. The van der Waals surface area contributed by atoms with Crippen LogP contribution in [0.1, 0.15) is 13.3 Å². The number of thioether (sulfide) groups is 1. The zero-order chi connectivity index (χ0) is 10.3. The Kier molecular flexibility index (Phi) is 7.09. The highest BCUT2D eigenvalue weighted by atomic mass is 32.2. The van der Waals surface area contributed by atoms with Crippen LogP contribution in [0.3, 0.4) is 0 Å². The first-order valence-electron chi connectivity index (χ1n) is 4.57. The van der Waals surface area contributed by atoms with Crippen molar-refractivity contribution >= 4 is 17.7 Å². The fraction of sp³-hybridized carbons (Fsp3) is 0.889. The van der Waals surface area contributed by atoms with Crippen molar-refractivity contribution in [2.75, 3.05) is 33.4 Å². The van der Waals surface area contributed by atoms with Crippen molar-refractivity contribution in [2.45, 2.75) is 18.6 Å². The van der Waals surface area contributed by atoms with E-state index in [1.54, 1.807) is 7.05 Å². The molecule has 3 nitrogen and oxygen atoms in total. The molecule has 0 aromatic rings. The molecular weight excluding hydrogens is 184 g/mol. The van der Waals surface area contributed by atoms with Crippen LogP contribution in [0.15, 0.2) is 0 Å². The summed E-state index contributed by atoms with van der Waals surface area (Å²) in [4.78, 5) is 13.3. The second-order valence-electron chi connectivity index (χ2n) is 3.22. The molecule has 0 aliphatic rings. The van der Waals surface area contributed by atoms with E-state index < -0.39 is 0 Å². The monoisotopic (exact) mass is 204 g/mol. The van der Waals surface area contributed by atoms with Crippen molar-refractivity contribution in [3.8, 4) is 0 Å². The van der Waals surface area contributed by atoms with Crippen molar-refractivity contribution < 1.29 is 4.79 Å². The van der Waals surface area contributed by atoms with Crippen molar-refractivity contribution in [1.29, 1.82) is 0 Å². The van der Waals surface area contributed by atoms with E-state index in [1.165, 1.54) is 0 Å². The molecule has 0 bridgehead atoms. The average Bonchev–Trinajstić information content (AvgIpc) is 2.03. The molecule has 0 heterocycles. The van der Waals surface area contributed by atoms with Gasteiger partial charge in [-0.3, -0.25) is 4.79 Å². The van der Waals surface area contributed by atoms with Gasteiger partial charge in [0.2, 0.25) is 5.91 Å². The number of carbonyl (C=O) groups excluding carboxylic acids is 1. The van der Waals surface area contributed by atoms with Gasteiger partial charge in [-0.25, -0.2) is 0 Å². The first-order valence-corrected chi connectivity index (χ1v) is 5.62. The fourth-order valence-corrected chi connectivity index (χ4v) is 2.27. The smallest absolute Gasteiger partial charge is 0.220 e. The molecule has 0 saturated carbocycles. The van der Waals surface area contributed by atoms with Crippen molar-refractivity contribution in [2.24, 2.45) is 0 Å². The molecule has 0 aromatic heterocycles. The molecule has 1 amide bonds. The molecule has 0 aliphatic heterocycles. The molecule has 0 spiro atoms. The van der Waals surface area contributed by atoms with Crippen LogP contribution in [0.5, 0.6) is 0 Å². The third-order valence-corrected chi connectivity index (χ3v) is 2.78. The molecule has 78 valence electrons. The molecule has 0 aliphatic carbocycles. The Labute approximate surface area is 85.3 Å². The number of rotatable bonds is 6. The molecule has 0 fully saturated rings. The SMILES string of the molecule is CCSC(CC(=O)NC)CN(C)C. The third kappa shape index (κ3) is 6.90. The first-order chi connectivity index (χ1) is 6.10. The highest BCUT2D eigenvalue weighted by Gasteiger charge is 2.13. The summed E-state index contributed by atoms with van der Waals surface area (Å²) in [7, 11) is 5.76. The minimum atomic E-state index is 0.132. The van der Waals surface area contributed by atoms with Gasteiger partial charge in [-0.05, 0) is 19.8 Å². The topological polar surface area (TPSA) is 32.3 Å². The van der Waals surface area contributed by atoms with E-state index in [0.29, 0.717) is 11.7 Å². The van der Waals surface area contributed by atoms with Gasteiger partial charge in [0.25, 0.3) is 0 Å². The number of carbonyl (C=O) groups is 1. The van der Waals surface area contributed by atoms with Crippen LogP contribution in [0.4, 0.5) is 0 Å². The first kappa shape index (κ1) is 12.8. The Bertz CT molecular complexity index is 151. The molecule has 1 N–H and O–H groups in total. The number of hydrogen-bond acceptors (Lipinski definition) is 3. The zero-order valence-corrected chi connectivity index (χ0v) is 9.78. The van der Waals surface area contributed by atoms with E-state index in [-0.39, 0.29) is 5.91 Å². The van der Waals surface area contributed by atoms with E-state index in [9.17, 15) is 4.79 Å². The summed E-state index contributed by atoms with van der Waals surface area (Å²) in [5, 5.41) is 3.07. The molecular formula is C9H20N2OS. The van der Waals surface area contributed by atoms with Crippen LogP contribution in [0.2, 0.25) is 0 Å². The van der Waals surface area contributed by atoms with Crippen LogP contribution in [0, 0.1) is 0 Å². The van der Waals surface area contributed by atoms with Crippen LogP contribution < -0.4 is 5.32 Å². The third-order valence-electron chi connectivity index (χ3n) is 1.66. The second-order valence-corrected chi connectivity index (χ2v) is 4.79. The molecule has 0 aromatic carbocycles. The summed E-state index contributed by atoms with van der Waals surface area (Å²) in [6.45, 7) is 3.09. The van der Waals surface area contributed by atoms with Gasteiger partial charge < -0.3 is 10.2 Å². The lowest BCUT2D eigenvalue weighted by Gasteiger charge is -2.19. The standard InChI is InChI=1S/C9H20N2OS/c1-5-13-8(7-11(3)4)6-9(12)10-2/h8H,5-7H2,1-4H3,(H,10,12). The summed E-state index contributed by atoms with van der Waals surface area (Å²) < 4.78 is 0. The lowest BCUT2D eigenvalue weighted by atomic mass is 10.3. The maximum atomic E-state index is 11.1. The normalized spacial score (nSPS) is 13.0. The summed E-state index contributed by atoms with van der Waals surface area (Å²) in [5.41, 5.74) is 0. The Morgan fingerprint density at radius 3 is 2.54 bits per heavy atom. The minimum Gasteiger partial charge on any atom is -0.359 e. The van der Waals surface area contributed by atoms with Gasteiger partial charge in [-0.1, -0.05) is 6.92 Å². The van der Waals surface area contributed by atoms with Gasteiger partial charge in [0.1, 0.15) is 0 Å². The van der Waals surface area contributed by atoms with Crippen LogP contribution in [-0.2, 0) is 4.79 Å². The molecule has 0 radical (unpaired) electrons. The molecule has 1 unspecified atom stereocenters. The van der Waals surface area contributed by atoms with E-state index >= 15 is 0 Å². The molecule has 0 saturated heterocycles. The number of nitrogens with one attached hydrogen (secondary N) is 1. The largest absolute Gasteiger partial charge is 0.359 e. The fourth-order valence-electron chi connectivity index (χ4n) is 1.13. The maximum Gasteiger partial charge on any atom is 0.220 e. The van der Waals surface area contributed by atoms with Crippen molar-refractivity contribution in [3.63, 3.8) is 0 Å². The Balaban J connectivity index is 3.86. The molecule has 0 rings (SSSR count). The zero-order valence-electron chi connectivity index (χ0n) is 8.96.